The van der Waals surface area contributed by atoms with Crippen molar-refractivity contribution < 1.29 is 13.9 Å². The van der Waals surface area contributed by atoms with Gasteiger partial charge < -0.3 is 14.8 Å². The van der Waals surface area contributed by atoms with Gasteiger partial charge in [0.25, 0.3) is 0 Å². The Kier molecular flexibility index (Phi) is 3.29. The molecule has 1 aromatic rings. The van der Waals surface area contributed by atoms with Crippen molar-refractivity contribution in [2.75, 3.05) is 27.3 Å². The SMILES string of the molecule is COc1cc(F)c(C2CCNC2)c(OC)c1. The van der Waals surface area contributed by atoms with E-state index >= 15 is 0 Å². The Morgan fingerprint density at radius 2 is 2.12 bits per heavy atom. The molecule has 1 N–H and O–H groups in total. The summed E-state index contributed by atoms with van der Waals surface area (Å²) in [4.78, 5) is 0. The summed E-state index contributed by atoms with van der Waals surface area (Å²) in [5.74, 6) is 1.01. The van der Waals surface area contributed by atoms with Crippen LogP contribution in [-0.2, 0) is 0 Å². The first kappa shape index (κ1) is 11.2. The van der Waals surface area contributed by atoms with E-state index in [1.54, 1.807) is 13.2 Å². The number of nitrogens with one attached hydrogen (secondary N) is 1. The van der Waals surface area contributed by atoms with Gasteiger partial charge in [-0.15, -0.1) is 0 Å². The number of methoxy groups -OCH3 is 2. The maximum atomic E-state index is 13.9. The molecule has 1 fully saturated rings. The maximum absolute atomic E-state index is 13.9. The number of hydrogen-bond donors (Lipinski definition) is 1. The average Bonchev–Trinajstić information content (AvgIpc) is 2.81. The van der Waals surface area contributed by atoms with E-state index in [1.807, 2.05) is 0 Å². The molecule has 0 aliphatic carbocycles. The van der Waals surface area contributed by atoms with E-state index in [0.29, 0.717) is 17.1 Å². The second-order valence-corrected chi connectivity index (χ2v) is 3.91. The van der Waals surface area contributed by atoms with E-state index in [-0.39, 0.29) is 11.7 Å². The van der Waals surface area contributed by atoms with Gasteiger partial charge in [-0.3, -0.25) is 0 Å². The molecule has 0 saturated carbocycles. The Labute approximate surface area is 94.6 Å². The Morgan fingerprint density at radius 3 is 2.69 bits per heavy atom. The van der Waals surface area contributed by atoms with Gasteiger partial charge in [-0.25, -0.2) is 4.39 Å². The summed E-state index contributed by atoms with van der Waals surface area (Å²) < 4.78 is 24.2. The molecule has 0 spiro atoms. The molecule has 1 unspecified atom stereocenters. The van der Waals surface area contributed by atoms with Gasteiger partial charge in [0.1, 0.15) is 17.3 Å². The normalized spacial score (nSPS) is 19.8. The molecule has 0 radical (unpaired) electrons. The zero-order valence-electron chi connectivity index (χ0n) is 9.55. The van der Waals surface area contributed by atoms with Crippen molar-refractivity contribution in [1.82, 2.24) is 5.32 Å². The van der Waals surface area contributed by atoms with Crippen molar-refractivity contribution in [3.63, 3.8) is 0 Å². The molecule has 16 heavy (non-hydrogen) atoms. The molecule has 0 bridgehead atoms. The highest BCUT2D eigenvalue weighted by Crippen LogP contribution is 2.35. The molecule has 3 nitrogen and oxygen atoms in total. The Hall–Kier alpha value is -1.29. The Bertz CT molecular complexity index is 376. The fourth-order valence-corrected chi connectivity index (χ4v) is 2.15. The topological polar surface area (TPSA) is 30.5 Å². The van der Waals surface area contributed by atoms with Crippen LogP contribution < -0.4 is 14.8 Å². The molecule has 1 aliphatic heterocycles. The molecule has 1 saturated heterocycles. The van der Waals surface area contributed by atoms with Crippen molar-refractivity contribution in [1.29, 1.82) is 0 Å². The number of halogens is 1. The van der Waals surface area contributed by atoms with Crippen molar-refractivity contribution in [2.45, 2.75) is 12.3 Å². The summed E-state index contributed by atoms with van der Waals surface area (Å²) >= 11 is 0. The van der Waals surface area contributed by atoms with E-state index in [1.165, 1.54) is 13.2 Å². The summed E-state index contributed by atoms with van der Waals surface area (Å²) in [6.45, 7) is 1.74. The van der Waals surface area contributed by atoms with Crippen LogP contribution in [0.25, 0.3) is 0 Å². The summed E-state index contributed by atoms with van der Waals surface area (Å²) in [5.41, 5.74) is 0.660. The van der Waals surface area contributed by atoms with Crippen LogP contribution in [0.1, 0.15) is 17.9 Å². The van der Waals surface area contributed by atoms with Gasteiger partial charge in [0, 0.05) is 30.2 Å². The quantitative estimate of drug-likeness (QED) is 0.852. The molecule has 1 heterocycles. The third-order valence-electron chi connectivity index (χ3n) is 2.99. The van der Waals surface area contributed by atoms with Crippen LogP contribution in [0.5, 0.6) is 11.5 Å². The molecule has 2 rings (SSSR count). The highest BCUT2D eigenvalue weighted by atomic mass is 19.1. The number of rotatable bonds is 3. The Balaban J connectivity index is 2.41. The Morgan fingerprint density at radius 1 is 1.31 bits per heavy atom. The van der Waals surface area contributed by atoms with E-state index < -0.39 is 0 Å². The summed E-state index contributed by atoms with van der Waals surface area (Å²) in [5, 5.41) is 3.22. The first-order chi connectivity index (χ1) is 7.76. The van der Waals surface area contributed by atoms with Crippen molar-refractivity contribution >= 4 is 0 Å². The van der Waals surface area contributed by atoms with Crippen LogP contribution in [0.2, 0.25) is 0 Å². The fourth-order valence-electron chi connectivity index (χ4n) is 2.15. The molecule has 0 aromatic heterocycles. The van der Waals surface area contributed by atoms with Crippen LogP contribution in [0.3, 0.4) is 0 Å². The predicted octanol–water partition coefficient (Wildman–Crippen LogP) is 1.92. The zero-order valence-corrected chi connectivity index (χ0v) is 9.55. The van der Waals surface area contributed by atoms with Crippen LogP contribution in [-0.4, -0.2) is 27.3 Å². The third-order valence-corrected chi connectivity index (χ3v) is 2.99. The second-order valence-electron chi connectivity index (χ2n) is 3.91. The minimum Gasteiger partial charge on any atom is -0.497 e. The van der Waals surface area contributed by atoms with Crippen LogP contribution in [0.4, 0.5) is 4.39 Å². The third kappa shape index (κ3) is 1.97. The van der Waals surface area contributed by atoms with Crippen LogP contribution >= 0.6 is 0 Å². The largest absolute Gasteiger partial charge is 0.497 e. The van der Waals surface area contributed by atoms with Crippen molar-refractivity contribution in [2.24, 2.45) is 0 Å². The molecule has 1 aromatic carbocycles. The van der Waals surface area contributed by atoms with Gasteiger partial charge in [-0.2, -0.15) is 0 Å². The lowest BCUT2D eigenvalue weighted by molar-refractivity contribution is 0.380. The lowest BCUT2D eigenvalue weighted by Gasteiger charge is -2.16. The maximum Gasteiger partial charge on any atom is 0.134 e. The number of ether oxygens (including phenoxy) is 2. The monoisotopic (exact) mass is 225 g/mol. The van der Waals surface area contributed by atoms with Gasteiger partial charge in [0.2, 0.25) is 0 Å². The van der Waals surface area contributed by atoms with Gasteiger partial charge >= 0.3 is 0 Å². The van der Waals surface area contributed by atoms with Crippen molar-refractivity contribution in [3.8, 4) is 11.5 Å². The molecule has 4 heteroatoms. The average molecular weight is 225 g/mol. The van der Waals surface area contributed by atoms with E-state index in [4.69, 9.17) is 9.47 Å². The van der Waals surface area contributed by atoms with Gasteiger partial charge in [-0.1, -0.05) is 0 Å². The summed E-state index contributed by atoms with van der Waals surface area (Å²) in [7, 11) is 3.07. The summed E-state index contributed by atoms with van der Waals surface area (Å²) in [6, 6.07) is 3.15. The molecular formula is C12H16FNO2. The second kappa shape index (κ2) is 4.70. The fraction of sp³-hybridized carbons (Fsp3) is 0.500. The first-order valence-electron chi connectivity index (χ1n) is 5.38. The number of benzene rings is 1. The van der Waals surface area contributed by atoms with Gasteiger partial charge in [0.05, 0.1) is 14.2 Å². The lowest BCUT2D eigenvalue weighted by atomic mass is 9.96. The molecular weight excluding hydrogens is 209 g/mol. The minimum atomic E-state index is -0.245. The lowest BCUT2D eigenvalue weighted by Crippen LogP contribution is -2.10. The molecule has 1 aliphatic rings. The molecule has 0 amide bonds. The highest BCUT2D eigenvalue weighted by Gasteiger charge is 2.24. The van der Waals surface area contributed by atoms with Crippen molar-refractivity contribution in [3.05, 3.63) is 23.5 Å². The van der Waals surface area contributed by atoms with E-state index in [0.717, 1.165) is 19.5 Å². The summed E-state index contributed by atoms with van der Waals surface area (Å²) in [6.07, 6.45) is 0.944. The standard InChI is InChI=1S/C12H16FNO2/c1-15-9-5-10(13)12(11(6-9)16-2)8-3-4-14-7-8/h5-6,8,14H,3-4,7H2,1-2H3. The molecule has 88 valence electrons. The highest BCUT2D eigenvalue weighted by molar-refractivity contribution is 5.44. The van der Waals surface area contributed by atoms with Gasteiger partial charge in [0.15, 0.2) is 0 Å². The van der Waals surface area contributed by atoms with Gasteiger partial charge in [-0.05, 0) is 13.0 Å². The smallest absolute Gasteiger partial charge is 0.134 e. The van der Waals surface area contributed by atoms with Crippen LogP contribution in [0, 0.1) is 5.82 Å². The first-order valence-corrected chi connectivity index (χ1v) is 5.38. The predicted molar refractivity (Wildman–Crippen MR) is 59.7 cm³/mol. The minimum absolute atomic E-state index is 0.195. The molecule has 1 atom stereocenters. The zero-order chi connectivity index (χ0) is 11.5. The number of hydrogen-bond acceptors (Lipinski definition) is 3. The van der Waals surface area contributed by atoms with E-state index in [2.05, 4.69) is 5.32 Å². The van der Waals surface area contributed by atoms with E-state index in [9.17, 15) is 4.39 Å². The van der Waals surface area contributed by atoms with Crippen LogP contribution in [0.15, 0.2) is 12.1 Å².